The average molecular weight is 284 g/mol. The lowest BCUT2D eigenvalue weighted by molar-refractivity contribution is -0.155. The second-order valence-electron chi connectivity index (χ2n) is 5.88. The normalized spacial score (nSPS) is 17.9. The third-order valence-electron chi connectivity index (χ3n) is 4.14. The summed E-state index contributed by atoms with van der Waals surface area (Å²) < 4.78 is 4.96. The molecular weight excluding hydrogens is 256 g/mol. The summed E-state index contributed by atoms with van der Waals surface area (Å²) >= 11 is 0. The molecule has 116 valence electrons. The summed E-state index contributed by atoms with van der Waals surface area (Å²) in [5, 5.41) is 0. The van der Waals surface area contributed by atoms with Crippen LogP contribution in [0.25, 0.3) is 0 Å². The molecule has 5 nitrogen and oxygen atoms in total. The monoisotopic (exact) mass is 284 g/mol. The lowest BCUT2D eigenvalue weighted by Crippen LogP contribution is -2.52. The minimum Gasteiger partial charge on any atom is -0.465 e. The minimum atomic E-state index is -0.477. The van der Waals surface area contributed by atoms with Crippen LogP contribution in [0.2, 0.25) is 0 Å². The molecule has 5 heteroatoms. The van der Waals surface area contributed by atoms with Gasteiger partial charge < -0.3 is 15.4 Å². The third-order valence-corrected chi connectivity index (χ3v) is 4.14. The van der Waals surface area contributed by atoms with E-state index in [9.17, 15) is 9.59 Å². The minimum absolute atomic E-state index is 0.0164. The highest BCUT2D eigenvalue weighted by Gasteiger charge is 2.42. The Morgan fingerprint density at radius 2 is 1.85 bits per heavy atom. The van der Waals surface area contributed by atoms with Gasteiger partial charge in [0.1, 0.15) is 6.54 Å². The fourth-order valence-corrected chi connectivity index (χ4v) is 2.87. The van der Waals surface area contributed by atoms with Crippen molar-refractivity contribution in [2.45, 2.75) is 58.9 Å². The molecule has 20 heavy (non-hydrogen) atoms. The molecule has 1 aliphatic rings. The Balaban J connectivity index is 2.83. The molecule has 0 aromatic heterocycles. The fourth-order valence-electron chi connectivity index (χ4n) is 2.87. The molecule has 0 radical (unpaired) electrons. The van der Waals surface area contributed by atoms with E-state index in [0.717, 1.165) is 32.1 Å². The van der Waals surface area contributed by atoms with Crippen LogP contribution in [-0.2, 0) is 14.3 Å². The number of esters is 1. The van der Waals surface area contributed by atoms with E-state index in [4.69, 9.17) is 10.5 Å². The summed E-state index contributed by atoms with van der Waals surface area (Å²) in [5.41, 5.74) is 5.43. The smallest absolute Gasteiger partial charge is 0.325 e. The molecule has 1 amide bonds. The van der Waals surface area contributed by atoms with Crippen molar-refractivity contribution in [2.75, 3.05) is 19.7 Å². The van der Waals surface area contributed by atoms with Crippen LogP contribution in [0.1, 0.15) is 52.9 Å². The Bertz CT molecular complexity index is 336. The van der Waals surface area contributed by atoms with Gasteiger partial charge in [-0.2, -0.15) is 0 Å². The Morgan fingerprint density at radius 1 is 1.25 bits per heavy atom. The zero-order valence-corrected chi connectivity index (χ0v) is 13.0. The van der Waals surface area contributed by atoms with Crippen molar-refractivity contribution in [2.24, 2.45) is 11.1 Å². The lowest BCUT2D eigenvalue weighted by Gasteiger charge is -2.40. The highest BCUT2D eigenvalue weighted by atomic mass is 16.5. The van der Waals surface area contributed by atoms with Crippen molar-refractivity contribution in [1.82, 2.24) is 4.90 Å². The summed E-state index contributed by atoms with van der Waals surface area (Å²) in [4.78, 5) is 26.2. The topological polar surface area (TPSA) is 72.6 Å². The number of carbonyl (C=O) groups excluding carboxylic acids is 2. The molecule has 0 saturated heterocycles. The van der Waals surface area contributed by atoms with Gasteiger partial charge in [-0.25, -0.2) is 0 Å². The van der Waals surface area contributed by atoms with Gasteiger partial charge in [-0.1, -0.05) is 19.3 Å². The van der Waals surface area contributed by atoms with E-state index >= 15 is 0 Å². The molecule has 0 aromatic carbocycles. The van der Waals surface area contributed by atoms with E-state index in [1.807, 2.05) is 13.8 Å². The number of carbonyl (C=O) groups is 2. The Labute approximate surface area is 121 Å². The van der Waals surface area contributed by atoms with Gasteiger partial charge >= 0.3 is 5.97 Å². The largest absolute Gasteiger partial charge is 0.465 e. The highest BCUT2D eigenvalue weighted by Crippen LogP contribution is 2.37. The molecular formula is C15H28N2O3. The van der Waals surface area contributed by atoms with Gasteiger partial charge in [-0.15, -0.1) is 0 Å². The van der Waals surface area contributed by atoms with E-state index in [1.165, 1.54) is 0 Å². The van der Waals surface area contributed by atoms with Gasteiger partial charge in [0.05, 0.1) is 12.0 Å². The van der Waals surface area contributed by atoms with Crippen LogP contribution >= 0.6 is 0 Å². The molecule has 0 unspecified atom stereocenters. The molecule has 0 aromatic rings. The van der Waals surface area contributed by atoms with Crippen molar-refractivity contribution in [3.8, 4) is 0 Å². The van der Waals surface area contributed by atoms with Crippen molar-refractivity contribution >= 4 is 11.9 Å². The first-order chi connectivity index (χ1) is 9.46. The fraction of sp³-hybridized carbons (Fsp3) is 0.867. The molecule has 0 aliphatic heterocycles. The van der Waals surface area contributed by atoms with Crippen molar-refractivity contribution < 1.29 is 14.3 Å². The lowest BCUT2D eigenvalue weighted by atomic mass is 9.73. The predicted molar refractivity (Wildman–Crippen MR) is 78.1 cm³/mol. The average Bonchev–Trinajstić information content (AvgIpc) is 2.44. The molecule has 0 heterocycles. The number of amides is 1. The van der Waals surface area contributed by atoms with Gasteiger partial charge in [-0.05, 0) is 33.6 Å². The standard InChI is InChI=1S/C15H28N2O3/c1-4-20-13(18)10-17(12(2)3)14(19)15(11-16)8-6-5-7-9-15/h12H,4-11,16H2,1-3H3. The maximum Gasteiger partial charge on any atom is 0.325 e. The molecule has 1 rings (SSSR count). The summed E-state index contributed by atoms with van der Waals surface area (Å²) in [6.07, 6.45) is 4.89. The molecule has 2 N–H and O–H groups in total. The van der Waals surface area contributed by atoms with E-state index in [2.05, 4.69) is 0 Å². The van der Waals surface area contributed by atoms with E-state index < -0.39 is 5.41 Å². The maximum atomic E-state index is 12.9. The summed E-state index contributed by atoms with van der Waals surface area (Å²) in [6, 6.07) is -0.0303. The second kappa shape index (κ2) is 7.62. The Hall–Kier alpha value is -1.10. The zero-order chi connectivity index (χ0) is 15.2. The van der Waals surface area contributed by atoms with Gasteiger partial charge in [0, 0.05) is 12.6 Å². The van der Waals surface area contributed by atoms with E-state index in [0.29, 0.717) is 13.2 Å². The van der Waals surface area contributed by atoms with Gasteiger partial charge in [0.15, 0.2) is 0 Å². The van der Waals surface area contributed by atoms with Crippen LogP contribution in [0.3, 0.4) is 0 Å². The first kappa shape index (κ1) is 17.0. The number of hydrogen-bond acceptors (Lipinski definition) is 4. The van der Waals surface area contributed by atoms with Crippen LogP contribution in [0.4, 0.5) is 0 Å². The van der Waals surface area contributed by atoms with Crippen LogP contribution in [0.5, 0.6) is 0 Å². The zero-order valence-electron chi connectivity index (χ0n) is 13.0. The molecule has 0 bridgehead atoms. The molecule has 1 aliphatic carbocycles. The molecule has 0 atom stereocenters. The molecule has 1 saturated carbocycles. The van der Waals surface area contributed by atoms with Crippen LogP contribution in [0.15, 0.2) is 0 Å². The molecule has 1 fully saturated rings. The molecule has 0 spiro atoms. The number of rotatable bonds is 6. The highest BCUT2D eigenvalue weighted by molar-refractivity contribution is 5.87. The quantitative estimate of drug-likeness (QED) is 0.753. The van der Waals surface area contributed by atoms with Crippen LogP contribution in [0, 0.1) is 5.41 Å². The Kier molecular flexibility index (Phi) is 6.46. The van der Waals surface area contributed by atoms with Gasteiger partial charge in [-0.3, -0.25) is 9.59 Å². The first-order valence-corrected chi connectivity index (χ1v) is 7.63. The third kappa shape index (κ3) is 3.95. The number of nitrogens with two attached hydrogens (primary N) is 1. The number of ether oxygens (including phenoxy) is 1. The maximum absolute atomic E-state index is 12.9. The van der Waals surface area contributed by atoms with Crippen molar-refractivity contribution in [1.29, 1.82) is 0 Å². The first-order valence-electron chi connectivity index (χ1n) is 7.63. The summed E-state index contributed by atoms with van der Waals surface area (Å²) in [5.74, 6) is -0.333. The second-order valence-corrected chi connectivity index (χ2v) is 5.88. The SMILES string of the molecule is CCOC(=O)CN(C(=O)C1(CN)CCCCC1)C(C)C. The van der Waals surface area contributed by atoms with Crippen molar-refractivity contribution in [3.63, 3.8) is 0 Å². The Morgan fingerprint density at radius 3 is 2.30 bits per heavy atom. The summed E-state index contributed by atoms with van der Waals surface area (Å²) in [7, 11) is 0. The van der Waals surface area contributed by atoms with E-state index in [-0.39, 0.29) is 24.5 Å². The number of nitrogens with zero attached hydrogens (tertiary/aromatic N) is 1. The van der Waals surface area contributed by atoms with E-state index in [1.54, 1.807) is 11.8 Å². The number of hydrogen-bond donors (Lipinski definition) is 1. The van der Waals surface area contributed by atoms with Crippen molar-refractivity contribution in [3.05, 3.63) is 0 Å². The predicted octanol–water partition coefficient (Wildman–Crippen LogP) is 1.70. The van der Waals surface area contributed by atoms with Crippen LogP contribution in [-0.4, -0.2) is 42.5 Å². The summed E-state index contributed by atoms with van der Waals surface area (Å²) in [6.45, 7) is 6.32. The van der Waals surface area contributed by atoms with Gasteiger partial charge in [0.2, 0.25) is 5.91 Å². The van der Waals surface area contributed by atoms with Crippen LogP contribution < -0.4 is 5.73 Å². The van der Waals surface area contributed by atoms with Gasteiger partial charge in [0.25, 0.3) is 0 Å².